The van der Waals surface area contributed by atoms with Gasteiger partial charge in [-0.05, 0) is 61.4 Å². The number of rotatable bonds is 4. The summed E-state index contributed by atoms with van der Waals surface area (Å²) in [7, 11) is 2.02. The van der Waals surface area contributed by atoms with Crippen molar-refractivity contribution in [1.29, 1.82) is 0 Å². The molecule has 1 fully saturated rings. The van der Waals surface area contributed by atoms with Crippen LogP contribution in [0, 0.1) is 0 Å². The zero-order valence-electron chi connectivity index (χ0n) is 16.3. The zero-order chi connectivity index (χ0) is 19.7. The van der Waals surface area contributed by atoms with Gasteiger partial charge in [0.15, 0.2) is 0 Å². The third-order valence-corrected chi connectivity index (χ3v) is 6.41. The van der Waals surface area contributed by atoms with Crippen molar-refractivity contribution in [1.82, 2.24) is 10.2 Å². The van der Waals surface area contributed by atoms with Gasteiger partial charge >= 0.3 is 0 Å². The molecule has 0 radical (unpaired) electrons. The lowest BCUT2D eigenvalue weighted by Gasteiger charge is -2.46. The van der Waals surface area contributed by atoms with E-state index in [4.69, 9.17) is 0 Å². The molecular weight excluding hydrogens is 370 g/mol. The lowest BCUT2D eigenvalue weighted by atomic mass is 9.97. The summed E-state index contributed by atoms with van der Waals surface area (Å²) in [6, 6.07) is 13.6. The largest absolute Gasteiger partial charge is 0.354 e. The summed E-state index contributed by atoms with van der Waals surface area (Å²) in [5, 5.41) is 2.98. The maximum atomic E-state index is 12.8. The van der Waals surface area contributed by atoms with Crippen molar-refractivity contribution < 1.29 is 9.59 Å². The van der Waals surface area contributed by atoms with Gasteiger partial charge in [0.25, 0.3) is 11.8 Å². The Labute approximate surface area is 170 Å². The molecule has 4 rings (SSSR count). The molecule has 0 spiro atoms. The molecule has 2 aromatic carbocycles. The summed E-state index contributed by atoms with van der Waals surface area (Å²) < 4.78 is 0. The number of fused-ring (bicyclic) bond motifs is 2. The van der Waals surface area contributed by atoms with E-state index in [-0.39, 0.29) is 18.0 Å². The summed E-state index contributed by atoms with van der Waals surface area (Å²) in [6.45, 7) is 1.29. The normalized spacial score (nSPS) is 18.5. The van der Waals surface area contributed by atoms with Gasteiger partial charge in [-0.15, -0.1) is 11.8 Å². The van der Waals surface area contributed by atoms with Gasteiger partial charge in [-0.3, -0.25) is 9.59 Å². The van der Waals surface area contributed by atoms with Crippen molar-refractivity contribution in [3.05, 3.63) is 59.2 Å². The SMILES string of the molecule is CSc1ccc(CNC(=O)c2ccc3c(c2)N(C)[C@@H]2CCCCN2C3=O)cc1. The van der Waals surface area contributed by atoms with Crippen molar-refractivity contribution in [3.63, 3.8) is 0 Å². The van der Waals surface area contributed by atoms with Crippen LogP contribution in [0.1, 0.15) is 45.5 Å². The molecule has 0 unspecified atom stereocenters. The van der Waals surface area contributed by atoms with Gasteiger partial charge in [0, 0.05) is 30.6 Å². The summed E-state index contributed by atoms with van der Waals surface area (Å²) in [6.07, 6.45) is 5.31. The molecule has 0 bridgehead atoms. The van der Waals surface area contributed by atoms with Gasteiger partial charge in [0.1, 0.15) is 6.17 Å². The first kappa shape index (κ1) is 18.9. The molecule has 0 aliphatic carbocycles. The molecule has 5 nitrogen and oxygen atoms in total. The lowest BCUT2D eigenvalue weighted by molar-refractivity contribution is 0.0589. The molecule has 1 saturated heterocycles. The van der Waals surface area contributed by atoms with Crippen LogP contribution in [-0.2, 0) is 6.54 Å². The van der Waals surface area contributed by atoms with E-state index in [0.717, 1.165) is 37.1 Å². The van der Waals surface area contributed by atoms with Gasteiger partial charge in [-0.2, -0.15) is 0 Å². The Hall–Kier alpha value is -2.47. The number of anilines is 1. The highest BCUT2D eigenvalue weighted by atomic mass is 32.2. The fourth-order valence-corrected chi connectivity index (χ4v) is 4.45. The highest BCUT2D eigenvalue weighted by Crippen LogP contribution is 2.34. The lowest BCUT2D eigenvalue weighted by Crippen LogP contribution is -2.55. The molecule has 2 aliphatic heterocycles. The Morgan fingerprint density at radius 1 is 1.18 bits per heavy atom. The van der Waals surface area contributed by atoms with E-state index in [0.29, 0.717) is 17.7 Å². The monoisotopic (exact) mass is 395 g/mol. The standard InChI is InChI=1S/C22H25N3O2S/c1-24-19-13-16(21(26)23-14-15-6-9-17(28-2)10-7-15)8-11-18(19)22(27)25-12-4-3-5-20(24)25/h6-11,13,20H,3-5,12,14H2,1-2H3,(H,23,26)/t20-/m0/s1. The molecule has 146 valence electrons. The summed E-state index contributed by atoms with van der Waals surface area (Å²) >= 11 is 1.70. The average molecular weight is 396 g/mol. The number of piperidine rings is 1. The second-order valence-corrected chi connectivity index (χ2v) is 8.23. The summed E-state index contributed by atoms with van der Waals surface area (Å²) in [5.74, 6) is -0.0395. The molecule has 0 aromatic heterocycles. The van der Waals surface area contributed by atoms with E-state index in [2.05, 4.69) is 22.3 Å². The fourth-order valence-electron chi connectivity index (χ4n) is 4.04. The first-order valence-corrected chi connectivity index (χ1v) is 10.9. The van der Waals surface area contributed by atoms with Crippen LogP contribution in [0.25, 0.3) is 0 Å². The number of nitrogens with zero attached hydrogens (tertiary/aromatic N) is 2. The van der Waals surface area contributed by atoms with E-state index in [1.807, 2.05) is 36.4 Å². The Balaban J connectivity index is 1.50. The predicted octanol–water partition coefficient (Wildman–Crippen LogP) is 3.74. The van der Waals surface area contributed by atoms with Crippen LogP contribution in [0.15, 0.2) is 47.4 Å². The van der Waals surface area contributed by atoms with Crippen molar-refractivity contribution >= 4 is 29.3 Å². The minimum atomic E-state index is -0.122. The number of carbonyl (C=O) groups excluding carboxylic acids is 2. The maximum absolute atomic E-state index is 12.8. The third kappa shape index (κ3) is 3.49. The molecule has 0 saturated carbocycles. The van der Waals surface area contributed by atoms with E-state index in [1.54, 1.807) is 23.9 Å². The maximum Gasteiger partial charge on any atom is 0.257 e. The smallest absolute Gasteiger partial charge is 0.257 e. The van der Waals surface area contributed by atoms with Crippen molar-refractivity contribution in [2.75, 3.05) is 24.7 Å². The van der Waals surface area contributed by atoms with Crippen LogP contribution >= 0.6 is 11.8 Å². The minimum absolute atomic E-state index is 0.0821. The van der Waals surface area contributed by atoms with E-state index in [1.165, 1.54) is 4.90 Å². The topological polar surface area (TPSA) is 52.7 Å². The van der Waals surface area contributed by atoms with Crippen LogP contribution in [0.2, 0.25) is 0 Å². The Kier molecular flexibility index (Phi) is 5.31. The van der Waals surface area contributed by atoms with Gasteiger partial charge in [-0.25, -0.2) is 0 Å². The van der Waals surface area contributed by atoms with E-state index < -0.39 is 0 Å². The van der Waals surface area contributed by atoms with Gasteiger partial charge < -0.3 is 15.1 Å². The minimum Gasteiger partial charge on any atom is -0.354 e. The molecule has 1 N–H and O–H groups in total. The van der Waals surface area contributed by atoms with Crippen LogP contribution in [0.4, 0.5) is 5.69 Å². The number of nitrogens with one attached hydrogen (secondary N) is 1. The molecule has 2 amide bonds. The van der Waals surface area contributed by atoms with Gasteiger partial charge in [0.2, 0.25) is 0 Å². The number of hydrogen-bond donors (Lipinski definition) is 1. The Bertz CT molecular complexity index is 897. The van der Waals surface area contributed by atoms with Crippen LogP contribution in [-0.4, -0.2) is 42.7 Å². The molecule has 2 aliphatic rings. The number of carbonyl (C=O) groups is 2. The number of amides is 2. The first-order chi connectivity index (χ1) is 13.6. The Morgan fingerprint density at radius 3 is 2.71 bits per heavy atom. The molecule has 28 heavy (non-hydrogen) atoms. The van der Waals surface area contributed by atoms with Crippen LogP contribution < -0.4 is 10.2 Å². The van der Waals surface area contributed by atoms with E-state index in [9.17, 15) is 9.59 Å². The Morgan fingerprint density at radius 2 is 1.96 bits per heavy atom. The van der Waals surface area contributed by atoms with Crippen LogP contribution in [0.5, 0.6) is 0 Å². The fraction of sp³-hybridized carbons (Fsp3) is 0.364. The number of thioether (sulfide) groups is 1. The highest BCUT2D eigenvalue weighted by Gasteiger charge is 2.37. The van der Waals surface area contributed by atoms with Crippen molar-refractivity contribution in [2.45, 2.75) is 36.9 Å². The molecule has 2 heterocycles. The third-order valence-electron chi connectivity index (χ3n) is 5.66. The molecular formula is C22H25N3O2S. The van der Waals surface area contributed by atoms with Crippen molar-refractivity contribution in [2.24, 2.45) is 0 Å². The quantitative estimate of drug-likeness (QED) is 0.802. The summed E-state index contributed by atoms with van der Waals surface area (Å²) in [5.41, 5.74) is 3.19. The van der Waals surface area contributed by atoms with Gasteiger partial charge in [0.05, 0.1) is 11.3 Å². The van der Waals surface area contributed by atoms with Gasteiger partial charge in [-0.1, -0.05) is 12.1 Å². The highest BCUT2D eigenvalue weighted by molar-refractivity contribution is 7.98. The summed E-state index contributed by atoms with van der Waals surface area (Å²) in [4.78, 5) is 30.8. The second-order valence-electron chi connectivity index (χ2n) is 7.35. The van der Waals surface area contributed by atoms with Crippen molar-refractivity contribution in [3.8, 4) is 0 Å². The van der Waals surface area contributed by atoms with E-state index >= 15 is 0 Å². The average Bonchev–Trinajstić information content (AvgIpc) is 2.75. The zero-order valence-corrected chi connectivity index (χ0v) is 17.1. The number of benzene rings is 2. The molecule has 2 aromatic rings. The second kappa shape index (κ2) is 7.87. The molecule has 1 atom stereocenters. The van der Waals surface area contributed by atoms with Crippen LogP contribution in [0.3, 0.4) is 0 Å². The molecule has 6 heteroatoms. The predicted molar refractivity (Wildman–Crippen MR) is 113 cm³/mol. The first-order valence-electron chi connectivity index (χ1n) is 9.67. The number of hydrogen-bond acceptors (Lipinski definition) is 4.